The highest BCUT2D eigenvalue weighted by Crippen LogP contribution is 2.16. The number of thiophene rings is 1. The minimum atomic E-state index is -0.0563. The number of furan rings is 1. The standard InChI is InChI=1S/C15H16N4O2S2/c20-14(16-9-12-3-1-7-21-12)10-23-15-18-17-11-19(15)6-5-13-4-2-8-22-13/h1-4,7-8,11H,5-6,9-10H2,(H,16,20). The molecule has 0 aromatic carbocycles. The van der Waals surface area contributed by atoms with Crippen LogP contribution in [-0.2, 0) is 24.3 Å². The van der Waals surface area contributed by atoms with E-state index in [1.54, 1.807) is 30.0 Å². The summed E-state index contributed by atoms with van der Waals surface area (Å²) in [5.74, 6) is 0.986. The van der Waals surface area contributed by atoms with Crippen molar-refractivity contribution in [3.8, 4) is 0 Å². The molecule has 3 aromatic heterocycles. The molecule has 3 heterocycles. The first-order chi connectivity index (χ1) is 11.3. The quantitative estimate of drug-likeness (QED) is 0.634. The molecule has 8 heteroatoms. The molecule has 0 aliphatic rings. The molecule has 0 unspecified atom stereocenters. The number of hydrogen-bond acceptors (Lipinski definition) is 6. The molecule has 120 valence electrons. The van der Waals surface area contributed by atoms with Gasteiger partial charge in [-0.3, -0.25) is 4.79 Å². The summed E-state index contributed by atoms with van der Waals surface area (Å²) in [5.41, 5.74) is 0. The number of carbonyl (C=O) groups excluding carboxylic acids is 1. The van der Waals surface area contributed by atoms with Gasteiger partial charge in [0.25, 0.3) is 0 Å². The van der Waals surface area contributed by atoms with Crippen LogP contribution < -0.4 is 5.32 Å². The number of aromatic nitrogens is 3. The lowest BCUT2D eigenvalue weighted by molar-refractivity contribution is -0.118. The Morgan fingerprint density at radius 3 is 3.13 bits per heavy atom. The second-order valence-electron chi connectivity index (χ2n) is 4.78. The summed E-state index contributed by atoms with van der Waals surface area (Å²) in [7, 11) is 0. The molecular weight excluding hydrogens is 332 g/mol. The fourth-order valence-corrected chi connectivity index (χ4v) is 3.44. The van der Waals surface area contributed by atoms with Gasteiger partial charge in [-0.15, -0.1) is 21.5 Å². The topological polar surface area (TPSA) is 73.0 Å². The molecule has 6 nitrogen and oxygen atoms in total. The van der Waals surface area contributed by atoms with E-state index in [0.29, 0.717) is 12.3 Å². The number of nitrogens with zero attached hydrogens (tertiary/aromatic N) is 3. The van der Waals surface area contributed by atoms with Crippen LogP contribution in [0.1, 0.15) is 10.6 Å². The van der Waals surface area contributed by atoms with Crippen molar-refractivity contribution in [1.29, 1.82) is 0 Å². The molecule has 0 aliphatic carbocycles. The molecule has 3 aromatic rings. The van der Waals surface area contributed by atoms with E-state index in [9.17, 15) is 4.79 Å². The molecule has 23 heavy (non-hydrogen) atoms. The maximum Gasteiger partial charge on any atom is 0.230 e. The van der Waals surface area contributed by atoms with Crippen molar-refractivity contribution in [2.75, 3.05) is 5.75 Å². The summed E-state index contributed by atoms with van der Waals surface area (Å²) in [4.78, 5) is 13.2. The SMILES string of the molecule is O=C(CSc1nncn1CCc1cccs1)NCc1ccco1. The molecule has 1 N–H and O–H groups in total. The average molecular weight is 348 g/mol. The number of aryl methyl sites for hydroxylation is 2. The minimum absolute atomic E-state index is 0.0563. The van der Waals surface area contributed by atoms with Gasteiger partial charge in [0.1, 0.15) is 12.1 Å². The third-order valence-corrected chi connectivity index (χ3v) is 5.05. The zero-order valence-corrected chi connectivity index (χ0v) is 14.0. The third kappa shape index (κ3) is 4.70. The van der Waals surface area contributed by atoms with Crippen LogP contribution in [0.3, 0.4) is 0 Å². The van der Waals surface area contributed by atoms with E-state index >= 15 is 0 Å². The first kappa shape index (κ1) is 15.8. The summed E-state index contributed by atoms with van der Waals surface area (Å²) >= 11 is 3.13. The number of carbonyl (C=O) groups is 1. The molecular formula is C15H16N4O2S2. The molecule has 0 saturated carbocycles. The number of amides is 1. The lowest BCUT2D eigenvalue weighted by Gasteiger charge is -2.06. The highest BCUT2D eigenvalue weighted by atomic mass is 32.2. The van der Waals surface area contributed by atoms with E-state index in [1.807, 2.05) is 16.7 Å². The number of thioether (sulfide) groups is 1. The molecule has 0 aliphatic heterocycles. The van der Waals surface area contributed by atoms with E-state index < -0.39 is 0 Å². The van der Waals surface area contributed by atoms with Crippen molar-refractivity contribution < 1.29 is 9.21 Å². The third-order valence-electron chi connectivity index (χ3n) is 3.13. The van der Waals surface area contributed by atoms with E-state index in [2.05, 4.69) is 27.0 Å². The summed E-state index contributed by atoms with van der Waals surface area (Å²) in [6.45, 7) is 1.21. The number of rotatable bonds is 8. The predicted octanol–water partition coefficient (Wildman–Crippen LogP) is 2.58. The largest absolute Gasteiger partial charge is 0.467 e. The Kier molecular flexibility index (Phi) is 5.49. The smallest absolute Gasteiger partial charge is 0.230 e. The fraction of sp³-hybridized carbons (Fsp3) is 0.267. The van der Waals surface area contributed by atoms with E-state index in [0.717, 1.165) is 23.9 Å². The van der Waals surface area contributed by atoms with Gasteiger partial charge < -0.3 is 14.3 Å². The lowest BCUT2D eigenvalue weighted by atomic mass is 10.3. The molecule has 0 bridgehead atoms. The van der Waals surface area contributed by atoms with Gasteiger partial charge in [-0.2, -0.15) is 0 Å². The Balaban J connectivity index is 1.44. The van der Waals surface area contributed by atoms with Crippen molar-refractivity contribution in [3.05, 3.63) is 52.9 Å². The van der Waals surface area contributed by atoms with Crippen LogP contribution in [0.25, 0.3) is 0 Å². The summed E-state index contributed by atoms with van der Waals surface area (Å²) in [5, 5.41) is 13.7. The van der Waals surface area contributed by atoms with Gasteiger partial charge in [0.2, 0.25) is 5.91 Å². The van der Waals surface area contributed by atoms with E-state index in [-0.39, 0.29) is 5.91 Å². The minimum Gasteiger partial charge on any atom is -0.467 e. The van der Waals surface area contributed by atoms with Crippen LogP contribution in [0.4, 0.5) is 0 Å². The maximum atomic E-state index is 11.9. The monoisotopic (exact) mass is 348 g/mol. The van der Waals surface area contributed by atoms with Crippen molar-refractivity contribution in [1.82, 2.24) is 20.1 Å². The zero-order valence-electron chi connectivity index (χ0n) is 12.3. The van der Waals surface area contributed by atoms with Crippen molar-refractivity contribution >= 4 is 29.0 Å². The van der Waals surface area contributed by atoms with Crippen LogP contribution in [0.15, 0.2) is 51.8 Å². The normalized spacial score (nSPS) is 10.8. The Labute approximate surface area is 141 Å². The maximum absolute atomic E-state index is 11.9. The molecule has 1 amide bonds. The highest BCUT2D eigenvalue weighted by molar-refractivity contribution is 7.99. The molecule has 0 radical (unpaired) electrons. The van der Waals surface area contributed by atoms with Gasteiger partial charge in [-0.1, -0.05) is 17.8 Å². The molecule has 3 rings (SSSR count). The fourth-order valence-electron chi connectivity index (χ4n) is 1.98. The molecule has 0 saturated heterocycles. The second kappa shape index (κ2) is 7.98. The number of nitrogens with one attached hydrogen (secondary N) is 1. The van der Waals surface area contributed by atoms with Crippen LogP contribution >= 0.6 is 23.1 Å². The van der Waals surface area contributed by atoms with Gasteiger partial charge in [0.15, 0.2) is 5.16 Å². The zero-order chi connectivity index (χ0) is 15.9. The van der Waals surface area contributed by atoms with Gasteiger partial charge >= 0.3 is 0 Å². The predicted molar refractivity (Wildman–Crippen MR) is 89.3 cm³/mol. The van der Waals surface area contributed by atoms with Crippen molar-refractivity contribution in [2.45, 2.75) is 24.7 Å². The molecule has 0 fully saturated rings. The van der Waals surface area contributed by atoms with Crippen LogP contribution in [0.2, 0.25) is 0 Å². The van der Waals surface area contributed by atoms with Crippen LogP contribution in [0.5, 0.6) is 0 Å². The summed E-state index contributed by atoms with van der Waals surface area (Å²) < 4.78 is 7.15. The summed E-state index contributed by atoms with van der Waals surface area (Å²) in [6, 6.07) is 7.79. The van der Waals surface area contributed by atoms with Gasteiger partial charge in [0.05, 0.1) is 18.6 Å². The van der Waals surface area contributed by atoms with E-state index in [4.69, 9.17) is 4.42 Å². The Bertz CT molecular complexity index is 723. The highest BCUT2D eigenvalue weighted by Gasteiger charge is 2.09. The van der Waals surface area contributed by atoms with Gasteiger partial charge in [-0.25, -0.2) is 0 Å². The Morgan fingerprint density at radius 1 is 1.39 bits per heavy atom. The molecule has 0 spiro atoms. The molecule has 0 atom stereocenters. The van der Waals surface area contributed by atoms with Crippen molar-refractivity contribution in [2.24, 2.45) is 0 Å². The second-order valence-corrected chi connectivity index (χ2v) is 6.76. The van der Waals surface area contributed by atoms with Crippen LogP contribution in [0, 0.1) is 0 Å². The number of hydrogen-bond donors (Lipinski definition) is 1. The van der Waals surface area contributed by atoms with Gasteiger partial charge in [0, 0.05) is 11.4 Å². The Hall–Kier alpha value is -2.06. The van der Waals surface area contributed by atoms with Crippen LogP contribution in [-0.4, -0.2) is 26.4 Å². The van der Waals surface area contributed by atoms with E-state index in [1.165, 1.54) is 16.6 Å². The lowest BCUT2D eigenvalue weighted by Crippen LogP contribution is -2.24. The first-order valence-electron chi connectivity index (χ1n) is 7.13. The Morgan fingerprint density at radius 2 is 2.35 bits per heavy atom. The average Bonchev–Trinajstić information content (AvgIpc) is 3.31. The first-order valence-corrected chi connectivity index (χ1v) is 9.00. The van der Waals surface area contributed by atoms with Crippen molar-refractivity contribution in [3.63, 3.8) is 0 Å². The van der Waals surface area contributed by atoms with Gasteiger partial charge in [-0.05, 0) is 30.0 Å². The summed E-state index contributed by atoms with van der Waals surface area (Å²) in [6.07, 6.45) is 4.23.